The van der Waals surface area contributed by atoms with Gasteiger partial charge in [-0.05, 0) is 6.07 Å². The van der Waals surface area contributed by atoms with Gasteiger partial charge < -0.3 is 20.1 Å². The lowest BCUT2D eigenvalue weighted by Gasteiger charge is -2.24. The van der Waals surface area contributed by atoms with Gasteiger partial charge in [0.15, 0.2) is 5.82 Å². The molecule has 1 heterocycles. The van der Waals surface area contributed by atoms with Gasteiger partial charge in [0.2, 0.25) is 0 Å². The first-order valence-corrected chi connectivity index (χ1v) is 5.61. The number of hydrogen-bond acceptors (Lipinski definition) is 6. The third kappa shape index (κ3) is 3.87. The number of aromatic nitrogens is 1. The van der Waals surface area contributed by atoms with Crippen LogP contribution in [0.2, 0.25) is 0 Å². The number of pyridine rings is 1. The summed E-state index contributed by atoms with van der Waals surface area (Å²) < 4.78 is 10.1. The van der Waals surface area contributed by atoms with Crippen molar-refractivity contribution >= 4 is 11.5 Å². The minimum atomic E-state index is 0.453. The molecule has 0 atom stereocenters. The molecule has 18 heavy (non-hydrogen) atoms. The first kappa shape index (κ1) is 14.2. The molecule has 1 aromatic rings. The van der Waals surface area contributed by atoms with Gasteiger partial charge in [0.1, 0.15) is 6.07 Å². The van der Waals surface area contributed by atoms with E-state index >= 15 is 0 Å². The Morgan fingerprint density at radius 2 is 1.94 bits per heavy atom. The number of ether oxygens (including phenoxy) is 2. The molecule has 6 nitrogen and oxygen atoms in total. The Bertz CT molecular complexity index is 409. The smallest absolute Gasteiger partial charge is 0.152 e. The van der Waals surface area contributed by atoms with Gasteiger partial charge >= 0.3 is 0 Å². The number of hydrogen-bond donors (Lipinski definition) is 1. The number of methoxy groups -OCH3 is 2. The largest absolute Gasteiger partial charge is 0.396 e. The van der Waals surface area contributed by atoms with E-state index in [0.717, 1.165) is 0 Å². The van der Waals surface area contributed by atoms with E-state index in [0.29, 0.717) is 43.4 Å². The maximum Gasteiger partial charge on any atom is 0.152 e. The zero-order valence-corrected chi connectivity index (χ0v) is 10.7. The number of nitriles is 1. The Kier molecular flexibility index (Phi) is 5.91. The Morgan fingerprint density at radius 1 is 1.33 bits per heavy atom. The highest BCUT2D eigenvalue weighted by Crippen LogP contribution is 2.20. The summed E-state index contributed by atoms with van der Waals surface area (Å²) in [6.45, 7) is 2.49. The standard InChI is InChI=1S/C12H18N4O2/c1-17-5-3-16(4-6-18-2)12-11(14)7-10(8-13)9-15-12/h7,9H,3-6,14H2,1-2H3. The highest BCUT2D eigenvalue weighted by atomic mass is 16.5. The quantitative estimate of drug-likeness (QED) is 0.764. The molecular formula is C12H18N4O2. The average molecular weight is 250 g/mol. The van der Waals surface area contributed by atoms with Gasteiger partial charge in [-0.3, -0.25) is 0 Å². The normalized spacial score (nSPS) is 10.1. The van der Waals surface area contributed by atoms with Crippen LogP contribution >= 0.6 is 0 Å². The van der Waals surface area contributed by atoms with Gasteiger partial charge in [0.05, 0.1) is 24.5 Å². The molecule has 0 bridgehead atoms. The number of rotatable bonds is 7. The molecule has 0 radical (unpaired) electrons. The molecule has 0 aliphatic carbocycles. The number of nitrogens with two attached hydrogens (primary N) is 1. The van der Waals surface area contributed by atoms with E-state index < -0.39 is 0 Å². The predicted octanol–water partition coefficient (Wildman–Crippen LogP) is 0.635. The molecule has 1 aromatic heterocycles. The molecule has 0 spiro atoms. The van der Waals surface area contributed by atoms with Crippen LogP contribution in [-0.4, -0.2) is 45.5 Å². The second-order valence-corrected chi connectivity index (χ2v) is 3.72. The summed E-state index contributed by atoms with van der Waals surface area (Å²) in [5.41, 5.74) is 6.85. The summed E-state index contributed by atoms with van der Waals surface area (Å²) in [5.74, 6) is 0.656. The molecular weight excluding hydrogens is 232 g/mol. The molecule has 0 saturated carbocycles. The van der Waals surface area contributed by atoms with Crippen LogP contribution in [0.25, 0.3) is 0 Å². The molecule has 1 rings (SSSR count). The second-order valence-electron chi connectivity index (χ2n) is 3.72. The molecule has 0 amide bonds. The highest BCUT2D eigenvalue weighted by Gasteiger charge is 2.11. The van der Waals surface area contributed by atoms with Crippen molar-refractivity contribution in [3.63, 3.8) is 0 Å². The fourth-order valence-electron chi connectivity index (χ4n) is 1.53. The first-order chi connectivity index (χ1) is 8.72. The summed E-state index contributed by atoms with van der Waals surface area (Å²) in [5, 5.41) is 8.78. The maximum absolute atomic E-state index is 8.78. The zero-order chi connectivity index (χ0) is 13.4. The first-order valence-electron chi connectivity index (χ1n) is 5.61. The van der Waals surface area contributed by atoms with E-state index in [2.05, 4.69) is 4.98 Å². The Morgan fingerprint density at radius 3 is 2.39 bits per heavy atom. The predicted molar refractivity (Wildman–Crippen MR) is 69.3 cm³/mol. The van der Waals surface area contributed by atoms with E-state index in [4.69, 9.17) is 20.5 Å². The van der Waals surface area contributed by atoms with Crippen molar-refractivity contribution in [3.8, 4) is 6.07 Å². The molecule has 98 valence electrons. The summed E-state index contributed by atoms with van der Waals surface area (Å²) in [4.78, 5) is 6.20. The van der Waals surface area contributed by atoms with Gasteiger partial charge in [-0.2, -0.15) is 5.26 Å². The van der Waals surface area contributed by atoms with Crippen molar-refractivity contribution in [2.75, 3.05) is 51.2 Å². The van der Waals surface area contributed by atoms with E-state index in [1.807, 2.05) is 11.0 Å². The van der Waals surface area contributed by atoms with Crippen molar-refractivity contribution < 1.29 is 9.47 Å². The van der Waals surface area contributed by atoms with E-state index in [1.54, 1.807) is 20.3 Å². The van der Waals surface area contributed by atoms with Crippen LogP contribution in [-0.2, 0) is 9.47 Å². The Labute approximate surface area is 107 Å². The van der Waals surface area contributed by atoms with Crippen LogP contribution in [0.3, 0.4) is 0 Å². The molecule has 6 heteroatoms. The van der Waals surface area contributed by atoms with Crippen LogP contribution in [0.5, 0.6) is 0 Å². The molecule has 0 aliphatic rings. The SMILES string of the molecule is COCCN(CCOC)c1ncc(C#N)cc1N. The summed E-state index contributed by atoms with van der Waals surface area (Å²) in [6.07, 6.45) is 1.51. The highest BCUT2D eigenvalue weighted by molar-refractivity contribution is 5.64. The van der Waals surface area contributed by atoms with Gasteiger partial charge in [0, 0.05) is 33.5 Å². The topological polar surface area (TPSA) is 84.4 Å². The van der Waals surface area contributed by atoms with Crippen molar-refractivity contribution in [2.45, 2.75) is 0 Å². The monoisotopic (exact) mass is 250 g/mol. The molecule has 0 aliphatic heterocycles. The zero-order valence-electron chi connectivity index (χ0n) is 10.7. The van der Waals surface area contributed by atoms with Crippen LogP contribution in [0.4, 0.5) is 11.5 Å². The number of nitrogen functional groups attached to an aromatic ring is 1. The van der Waals surface area contributed by atoms with Crippen molar-refractivity contribution in [1.29, 1.82) is 5.26 Å². The number of nitrogens with zero attached hydrogens (tertiary/aromatic N) is 3. The summed E-state index contributed by atoms with van der Waals surface area (Å²) >= 11 is 0. The third-order valence-corrected chi connectivity index (χ3v) is 2.45. The molecule has 2 N–H and O–H groups in total. The van der Waals surface area contributed by atoms with E-state index in [9.17, 15) is 0 Å². The van der Waals surface area contributed by atoms with E-state index in [1.165, 1.54) is 6.20 Å². The minimum Gasteiger partial charge on any atom is -0.396 e. The lowest BCUT2D eigenvalue weighted by atomic mass is 10.2. The fraction of sp³-hybridized carbons (Fsp3) is 0.500. The third-order valence-electron chi connectivity index (χ3n) is 2.45. The van der Waals surface area contributed by atoms with Crippen LogP contribution in [0, 0.1) is 11.3 Å². The lowest BCUT2D eigenvalue weighted by Crippen LogP contribution is -2.32. The Hall–Kier alpha value is -1.84. The summed E-state index contributed by atoms with van der Waals surface area (Å²) in [6, 6.07) is 3.63. The Balaban J connectivity index is 2.86. The minimum absolute atomic E-state index is 0.453. The van der Waals surface area contributed by atoms with Crippen LogP contribution in [0.1, 0.15) is 5.56 Å². The van der Waals surface area contributed by atoms with Gasteiger partial charge in [-0.25, -0.2) is 4.98 Å². The molecule has 0 unspecified atom stereocenters. The van der Waals surface area contributed by atoms with Gasteiger partial charge in [0.25, 0.3) is 0 Å². The van der Waals surface area contributed by atoms with Crippen molar-refractivity contribution in [3.05, 3.63) is 17.8 Å². The van der Waals surface area contributed by atoms with Crippen molar-refractivity contribution in [2.24, 2.45) is 0 Å². The fourth-order valence-corrected chi connectivity index (χ4v) is 1.53. The van der Waals surface area contributed by atoms with Gasteiger partial charge in [-0.1, -0.05) is 0 Å². The number of anilines is 2. The molecule has 0 aromatic carbocycles. The second kappa shape index (κ2) is 7.48. The summed E-state index contributed by atoms with van der Waals surface area (Å²) in [7, 11) is 3.29. The lowest BCUT2D eigenvalue weighted by molar-refractivity contribution is 0.190. The molecule has 0 fully saturated rings. The maximum atomic E-state index is 8.78. The van der Waals surface area contributed by atoms with E-state index in [-0.39, 0.29) is 0 Å². The average Bonchev–Trinajstić information content (AvgIpc) is 2.39. The van der Waals surface area contributed by atoms with Gasteiger partial charge in [-0.15, -0.1) is 0 Å². The van der Waals surface area contributed by atoms with Crippen LogP contribution in [0.15, 0.2) is 12.3 Å². The van der Waals surface area contributed by atoms with Crippen molar-refractivity contribution in [1.82, 2.24) is 4.98 Å². The van der Waals surface area contributed by atoms with Crippen LogP contribution < -0.4 is 10.6 Å². The molecule has 0 saturated heterocycles.